The second-order valence-electron chi connectivity index (χ2n) is 6.44. The van der Waals surface area contributed by atoms with E-state index in [4.69, 9.17) is 0 Å². The highest BCUT2D eigenvalue weighted by atomic mass is 16.1. The van der Waals surface area contributed by atoms with Crippen molar-refractivity contribution in [3.8, 4) is 0 Å². The van der Waals surface area contributed by atoms with Gasteiger partial charge in [-0.1, -0.05) is 39.5 Å². The Bertz CT molecular complexity index is 268. The van der Waals surface area contributed by atoms with Crippen molar-refractivity contribution in [3.63, 3.8) is 0 Å². The third-order valence-electron chi connectivity index (χ3n) is 4.59. The SMILES string of the molecule is CCCC1CCCC(NCCC(=O)NC(C)CC)CC1. The Morgan fingerprint density at radius 1 is 1.20 bits per heavy atom. The Balaban J connectivity index is 2.14. The summed E-state index contributed by atoms with van der Waals surface area (Å²) in [6, 6.07) is 0.934. The average molecular weight is 282 g/mol. The molecule has 0 aromatic rings. The molecule has 2 N–H and O–H groups in total. The third kappa shape index (κ3) is 7.28. The van der Waals surface area contributed by atoms with Crippen LogP contribution in [0.2, 0.25) is 0 Å². The van der Waals surface area contributed by atoms with E-state index in [9.17, 15) is 4.79 Å². The van der Waals surface area contributed by atoms with E-state index in [2.05, 4.69) is 31.4 Å². The molecule has 0 spiro atoms. The van der Waals surface area contributed by atoms with Crippen LogP contribution in [-0.4, -0.2) is 24.5 Å². The fourth-order valence-electron chi connectivity index (χ4n) is 3.12. The maximum absolute atomic E-state index is 11.7. The van der Waals surface area contributed by atoms with Crippen LogP contribution in [0.1, 0.15) is 78.6 Å². The topological polar surface area (TPSA) is 41.1 Å². The minimum absolute atomic E-state index is 0.185. The fourth-order valence-corrected chi connectivity index (χ4v) is 3.12. The summed E-state index contributed by atoms with van der Waals surface area (Å²) < 4.78 is 0. The molecule has 1 aliphatic carbocycles. The van der Waals surface area contributed by atoms with Gasteiger partial charge in [-0.2, -0.15) is 0 Å². The molecule has 1 saturated carbocycles. The molecule has 0 bridgehead atoms. The van der Waals surface area contributed by atoms with Gasteiger partial charge in [0.15, 0.2) is 0 Å². The summed E-state index contributed by atoms with van der Waals surface area (Å²) in [6.07, 6.45) is 11.0. The van der Waals surface area contributed by atoms with Gasteiger partial charge >= 0.3 is 0 Å². The maximum Gasteiger partial charge on any atom is 0.221 e. The largest absolute Gasteiger partial charge is 0.354 e. The molecule has 3 atom stereocenters. The van der Waals surface area contributed by atoms with Gasteiger partial charge in [-0.3, -0.25) is 4.79 Å². The van der Waals surface area contributed by atoms with E-state index in [1.165, 1.54) is 44.9 Å². The molecule has 3 nitrogen and oxygen atoms in total. The predicted octanol–water partition coefficient (Wildman–Crippen LogP) is 3.63. The standard InChI is InChI=1S/C17H34N2O/c1-4-7-15-8-6-9-16(11-10-15)18-13-12-17(20)19-14(3)5-2/h14-16,18H,4-13H2,1-3H3,(H,19,20). The molecule has 0 aromatic carbocycles. The number of rotatable bonds is 8. The summed E-state index contributed by atoms with van der Waals surface area (Å²) >= 11 is 0. The van der Waals surface area contributed by atoms with Crippen LogP contribution in [0.5, 0.6) is 0 Å². The quantitative estimate of drug-likeness (QED) is 0.667. The molecule has 20 heavy (non-hydrogen) atoms. The Morgan fingerprint density at radius 2 is 2.00 bits per heavy atom. The zero-order chi connectivity index (χ0) is 14.8. The van der Waals surface area contributed by atoms with Gasteiger partial charge in [-0.05, 0) is 38.5 Å². The van der Waals surface area contributed by atoms with Gasteiger partial charge in [0.25, 0.3) is 0 Å². The summed E-state index contributed by atoms with van der Waals surface area (Å²) in [5.41, 5.74) is 0. The molecule has 0 radical (unpaired) electrons. The number of hydrogen-bond donors (Lipinski definition) is 2. The first kappa shape index (κ1) is 17.5. The molecule has 1 fully saturated rings. The molecule has 1 rings (SSSR count). The highest BCUT2D eigenvalue weighted by molar-refractivity contribution is 5.76. The smallest absolute Gasteiger partial charge is 0.221 e. The highest BCUT2D eigenvalue weighted by Crippen LogP contribution is 2.26. The van der Waals surface area contributed by atoms with Crippen molar-refractivity contribution >= 4 is 5.91 Å². The molecular formula is C17H34N2O. The molecule has 0 saturated heterocycles. The van der Waals surface area contributed by atoms with Gasteiger partial charge in [-0.25, -0.2) is 0 Å². The van der Waals surface area contributed by atoms with Crippen molar-refractivity contribution in [1.29, 1.82) is 0 Å². The van der Waals surface area contributed by atoms with Crippen molar-refractivity contribution < 1.29 is 4.79 Å². The number of nitrogens with one attached hydrogen (secondary N) is 2. The van der Waals surface area contributed by atoms with E-state index in [1.807, 2.05) is 0 Å². The van der Waals surface area contributed by atoms with Crippen LogP contribution in [0, 0.1) is 5.92 Å². The first-order chi connectivity index (χ1) is 9.65. The van der Waals surface area contributed by atoms with Crippen LogP contribution in [0.25, 0.3) is 0 Å². The lowest BCUT2D eigenvalue weighted by atomic mass is 9.95. The minimum Gasteiger partial charge on any atom is -0.354 e. The Kier molecular flexibility index (Phi) is 8.92. The van der Waals surface area contributed by atoms with Gasteiger partial charge in [0, 0.05) is 25.0 Å². The zero-order valence-electron chi connectivity index (χ0n) is 13.7. The average Bonchev–Trinajstić information content (AvgIpc) is 2.65. The molecule has 1 amide bonds. The molecular weight excluding hydrogens is 248 g/mol. The van der Waals surface area contributed by atoms with Gasteiger partial charge in [-0.15, -0.1) is 0 Å². The van der Waals surface area contributed by atoms with E-state index in [0.29, 0.717) is 18.5 Å². The highest BCUT2D eigenvalue weighted by Gasteiger charge is 2.18. The van der Waals surface area contributed by atoms with Crippen molar-refractivity contribution in [1.82, 2.24) is 10.6 Å². The maximum atomic E-state index is 11.7. The lowest BCUT2D eigenvalue weighted by molar-refractivity contribution is -0.121. The number of carbonyl (C=O) groups excluding carboxylic acids is 1. The van der Waals surface area contributed by atoms with E-state index < -0.39 is 0 Å². The van der Waals surface area contributed by atoms with Crippen molar-refractivity contribution in [2.75, 3.05) is 6.54 Å². The molecule has 118 valence electrons. The van der Waals surface area contributed by atoms with E-state index in [1.54, 1.807) is 0 Å². The molecule has 3 unspecified atom stereocenters. The van der Waals surface area contributed by atoms with Crippen molar-refractivity contribution in [2.45, 2.75) is 90.6 Å². The zero-order valence-corrected chi connectivity index (χ0v) is 13.7. The van der Waals surface area contributed by atoms with E-state index in [0.717, 1.165) is 18.9 Å². The van der Waals surface area contributed by atoms with Gasteiger partial charge in [0.05, 0.1) is 0 Å². The molecule has 0 heterocycles. The monoisotopic (exact) mass is 282 g/mol. The van der Waals surface area contributed by atoms with E-state index >= 15 is 0 Å². The third-order valence-corrected chi connectivity index (χ3v) is 4.59. The molecule has 1 aliphatic rings. The van der Waals surface area contributed by atoms with Crippen molar-refractivity contribution in [3.05, 3.63) is 0 Å². The minimum atomic E-state index is 0.185. The molecule has 0 aromatic heterocycles. The lowest BCUT2D eigenvalue weighted by Gasteiger charge is -2.17. The molecule has 3 heteroatoms. The first-order valence-electron chi connectivity index (χ1n) is 8.68. The van der Waals surface area contributed by atoms with Gasteiger partial charge in [0.1, 0.15) is 0 Å². The second kappa shape index (κ2) is 10.2. The summed E-state index contributed by atoms with van der Waals surface area (Å²) in [7, 11) is 0. The fraction of sp³-hybridized carbons (Fsp3) is 0.941. The molecule has 0 aliphatic heterocycles. The number of hydrogen-bond acceptors (Lipinski definition) is 2. The van der Waals surface area contributed by atoms with Crippen LogP contribution in [0.4, 0.5) is 0 Å². The van der Waals surface area contributed by atoms with Crippen LogP contribution in [0.15, 0.2) is 0 Å². The van der Waals surface area contributed by atoms with Gasteiger partial charge < -0.3 is 10.6 Å². The Hall–Kier alpha value is -0.570. The predicted molar refractivity (Wildman–Crippen MR) is 85.8 cm³/mol. The van der Waals surface area contributed by atoms with Crippen LogP contribution in [-0.2, 0) is 4.79 Å². The summed E-state index contributed by atoms with van der Waals surface area (Å²) in [6.45, 7) is 7.27. The Labute approximate surface area is 125 Å². The van der Waals surface area contributed by atoms with Crippen molar-refractivity contribution in [2.24, 2.45) is 5.92 Å². The van der Waals surface area contributed by atoms with Crippen LogP contribution in [0.3, 0.4) is 0 Å². The summed E-state index contributed by atoms with van der Waals surface area (Å²) in [5, 5.41) is 6.61. The summed E-state index contributed by atoms with van der Waals surface area (Å²) in [5.74, 6) is 1.13. The first-order valence-corrected chi connectivity index (χ1v) is 8.68. The van der Waals surface area contributed by atoms with E-state index in [-0.39, 0.29) is 5.91 Å². The van der Waals surface area contributed by atoms with Crippen LogP contribution < -0.4 is 10.6 Å². The van der Waals surface area contributed by atoms with Crippen LogP contribution >= 0.6 is 0 Å². The van der Waals surface area contributed by atoms with Gasteiger partial charge in [0.2, 0.25) is 5.91 Å². The summed E-state index contributed by atoms with van der Waals surface area (Å²) in [4.78, 5) is 11.7. The second-order valence-corrected chi connectivity index (χ2v) is 6.44. The Morgan fingerprint density at radius 3 is 2.70 bits per heavy atom. The normalized spacial score (nSPS) is 24.9. The number of amides is 1. The number of carbonyl (C=O) groups is 1. The lowest BCUT2D eigenvalue weighted by Crippen LogP contribution is -2.36.